The van der Waals surface area contributed by atoms with Gasteiger partial charge in [0.05, 0.1) is 6.61 Å². The summed E-state index contributed by atoms with van der Waals surface area (Å²) < 4.78 is 11.1. The van der Waals surface area contributed by atoms with Gasteiger partial charge in [0.2, 0.25) is 5.79 Å². The average Bonchev–Trinajstić information content (AvgIpc) is 2.53. The first-order valence-electron chi connectivity index (χ1n) is 7.35. The molecule has 5 atom stereocenters. The van der Waals surface area contributed by atoms with Gasteiger partial charge in [-0.15, -0.1) is 0 Å². The highest BCUT2D eigenvalue weighted by molar-refractivity contribution is 5.31. The maximum absolute atomic E-state index is 10.4. The zero-order valence-corrected chi connectivity index (χ0v) is 13.0. The van der Waals surface area contributed by atoms with E-state index < -0.39 is 36.8 Å². The second kappa shape index (κ2) is 6.62. The van der Waals surface area contributed by atoms with Crippen LogP contribution in [0.2, 0.25) is 0 Å². The van der Waals surface area contributed by atoms with Gasteiger partial charge in [-0.25, -0.2) is 0 Å². The van der Waals surface area contributed by atoms with Crippen molar-refractivity contribution in [1.82, 2.24) is 0 Å². The Morgan fingerprint density at radius 3 is 2.45 bits per heavy atom. The third-order valence-corrected chi connectivity index (χ3v) is 4.21. The number of aliphatic hydroxyl groups is 4. The Morgan fingerprint density at radius 2 is 1.91 bits per heavy atom. The lowest BCUT2D eigenvalue weighted by atomic mass is 9.86. The van der Waals surface area contributed by atoms with Crippen molar-refractivity contribution in [3.63, 3.8) is 0 Å². The van der Waals surface area contributed by atoms with E-state index in [0.717, 1.165) is 5.56 Å². The lowest BCUT2D eigenvalue weighted by Gasteiger charge is -2.47. The van der Waals surface area contributed by atoms with Crippen molar-refractivity contribution in [3.8, 4) is 0 Å². The third kappa shape index (κ3) is 2.78. The van der Waals surface area contributed by atoms with Crippen LogP contribution in [0.5, 0.6) is 0 Å². The van der Waals surface area contributed by atoms with Gasteiger partial charge in [-0.2, -0.15) is 0 Å². The molecule has 1 aliphatic rings. The maximum Gasteiger partial charge on any atom is 0.224 e. The predicted molar refractivity (Wildman–Crippen MR) is 79.2 cm³/mol. The lowest BCUT2D eigenvalue weighted by molar-refractivity contribution is -0.366. The fraction of sp³-hybridized carbons (Fsp3) is 0.625. The van der Waals surface area contributed by atoms with Gasteiger partial charge in [0, 0.05) is 12.7 Å². The number of rotatable bonds is 4. The zero-order valence-electron chi connectivity index (χ0n) is 13.0. The molecule has 22 heavy (non-hydrogen) atoms. The minimum atomic E-state index is -1.64. The van der Waals surface area contributed by atoms with Gasteiger partial charge in [-0.05, 0) is 11.5 Å². The Kier molecular flexibility index (Phi) is 5.21. The minimum Gasteiger partial charge on any atom is -0.394 e. The van der Waals surface area contributed by atoms with Crippen molar-refractivity contribution >= 4 is 0 Å². The molecular weight excluding hydrogens is 288 g/mol. The van der Waals surface area contributed by atoms with Crippen molar-refractivity contribution in [3.05, 3.63) is 35.4 Å². The second-order valence-corrected chi connectivity index (χ2v) is 5.92. The Bertz CT molecular complexity index is 503. The molecule has 6 heteroatoms. The minimum absolute atomic E-state index is 0.263. The van der Waals surface area contributed by atoms with Gasteiger partial charge >= 0.3 is 0 Å². The molecule has 2 rings (SSSR count). The van der Waals surface area contributed by atoms with Crippen LogP contribution < -0.4 is 0 Å². The van der Waals surface area contributed by atoms with Crippen LogP contribution in [-0.2, 0) is 15.3 Å². The molecular formula is C16H24O6. The molecule has 4 N–H and O–H groups in total. The molecule has 0 amide bonds. The van der Waals surface area contributed by atoms with Crippen molar-refractivity contribution in [1.29, 1.82) is 0 Å². The molecule has 1 aromatic carbocycles. The van der Waals surface area contributed by atoms with Gasteiger partial charge in [-0.1, -0.05) is 38.1 Å². The summed E-state index contributed by atoms with van der Waals surface area (Å²) >= 11 is 0. The largest absolute Gasteiger partial charge is 0.394 e. The van der Waals surface area contributed by atoms with E-state index in [1.807, 2.05) is 32.0 Å². The van der Waals surface area contributed by atoms with Gasteiger partial charge in [-0.3, -0.25) is 0 Å². The summed E-state index contributed by atoms with van der Waals surface area (Å²) in [6.45, 7) is 3.57. The molecule has 124 valence electrons. The molecule has 0 bridgehead atoms. The first kappa shape index (κ1) is 17.3. The quantitative estimate of drug-likeness (QED) is 0.628. The van der Waals surface area contributed by atoms with E-state index in [1.54, 1.807) is 6.07 Å². The second-order valence-electron chi connectivity index (χ2n) is 5.92. The van der Waals surface area contributed by atoms with Crippen LogP contribution in [-0.4, -0.2) is 58.6 Å². The monoisotopic (exact) mass is 312 g/mol. The summed E-state index contributed by atoms with van der Waals surface area (Å²) in [5, 5.41) is 39.7. The molecule has 1 fully saturated rings. The molecule has 0 radical (unpaired) electrons. The Labute approximate surface area is 129 Å². The highest BCUT2D eigenvalue weighted by Gasteiger charge is 2.55. The smallest absolute Gasteiger partial charge is 0.224 e. The normalized spacial score (nSPS) is 35.8. The molecule has 6 nitrogen and oxygen atoms in total. The molecule has 1 saturated heterocycles. The summed E-state index contributed by atoms with van der Waals surface area (Å²) in [6.07, 6.45) is -5.43. The molecule has 1 heterocycles. The highest BCUT2D eigenvalue weighted by atomic mass is 16.7. The van der Waals surface area contributed by atoms with Crippen molar-refractivity contribution < 1.29 is 29.9 Å². The number of aliphatic hydroxyl groups excluding tert-OH is 4. The van der Waals surface area contributed by atoms with E-state index in [-0.39, 0.29) is 5.92 Å². The van der Waals surface area contributed by atoms with E-state index in [2.05, 4.69) is 0 Å². The summed E-state index contributed by atoms with van der Waals surface area (Å²) in [5.74, 6) is -1.38. The van der Waals surface area contributed by atoms with Gasteiger partial charge in [0.1, 0.15) is 24.4 Å². The number of hydrogen-bond acceptors (Lipinski definition) is 6. The molecule has 0 unspecified atom stereocenters. The molecule has 0 aromatic heterocycles. The van der Waals surface area contributed by atoms with Crippen LogP contribution >= 0.6 is 0 Å². The van der Waals surface area contributed by atoms with Crippen molar-refractivity contribution in [2.75, 3.05) is 13.7 Å². The lowest BCUT2D eigenvalue weighted by Crippen LogP contribution is -2.64. The van der Waals surface area contributed by atoms with Crippen LogP contribution in [0.1, 0.15) is 30.9 Å². The van der Waals surface area contributed by atoms with Crippen LogP contribution in [0, 0.1) is 0 Å². The van der Waals surface area contributed by atoms with Crippen LogP contribution in [0.4, 0.5) is 0 Å². The van der Waals surface area contributed by atoms with E-state index in [4.69, 9.17) is 9.47 Å². The van der Waals surface area contributed by atoms with E-state index in [9.17, 15) is 20.4 Å². The first-order chi connectivity index (χ1) is 10.4. The van der Waals surface area contributed by atoms with Crippen LogP contribution in [0.25, 0.3) is 0 Å². The first-order valence-corrected chi connectivity index (χ1v) is 7.35. The van der Waals surface area contributed by atoms with Crippen molar-refractivity contribution in [2.24, 2.45) is 0 Å². The average molecular weight is 312 g/mol. The molecule has 1 aliphatic heterocycles. The van der Waals surface area contributed by atoms with E-state index >= 15 is 0 Å². The van der Waals surface area contributed by atoms with Crippen LogP contribution in [0.15, 0.2) is 24.3 Å². The topological polar surface area (TPSA) is 99.4 Å². The fourth-order valence-corrected chi connectivity index (χ4v) is 2.78. The summed E-state index contributed by atoms with van der Waals surface area (Å²) in [6, 6.07) is 7.31. The molecule has 0 spiro atoms. The molecule has 1 aromatic rings. The van der Waals surface area contributed by atoms with Gasteiger partial charge in [0.15, 0.2) is 0 Å². The van der Waals surface area contributed by atoms with E-state index in [1.165, 1.54) is 7.11 Å². The summed E-state index contributed by atoms with van der Waals surface area (Å²) in [7, 11) is 1.35. The standard InChI is InChI=1S/C16H24O6/c1-9(2)10-5-4-6-11(7-10)16(21-3)15(20)14(19)13(18)12(8-17)22-16/h4-7,9,12-15,17-20H,8H2,1-3H3/t12-,13-,14+,15-,16+/m1/s1. The van der Waals surface area contributed by atoms with Crippen LogP contribution in [0.3, 0.4) is 0 Å². The van der Waals surface area contributed by atoms with Gasteiger partial charge in [0.25, 0.3) is 0 Å². The molecule has 0 saturated carbocycles. The Morgan fingerprint density at radius 1 is 1.23 bits per heavy atom. The third-order valence-electron chi connectivity index (χ3n) is 4.21. The number of hydrogen-bond donors (Lipinski definition) is 4. The number of methoxy groups -OCH3 is 1. The Balaban J connectivity index is 2.48. The zero-order chi connectivity index (χ0) is 16.5. The maximum atomic E-state index is 10.4. The fourth-order valence-electron chi connectivity index (χ4n) is 2.78. The molecule has 0 aliphatic carbocycles. The van der Waals surface area contributed by atoms with Crippen molar-refractivity contribution in [2.45, 2.75) is 50.0 Å². The predicted octanol–water partition coefficient (Wildman–Crippen LogP) is 0.0830. The highest BCUT2D eigenvalue weighted by Crippen LogP contribution is 2.39. The summed E-state index contributed by atoms with van der Waals surface area (Å²) in [4.78, 5) is 0. The van der Waals surface area contributed by atoms with E-state index in [0.29, 0.717) is 5.56 Å². The summed E-state index contributed by atoms with van der Waals surface area (Å²) in [5.41, 5.74) is 1.55. The Hall–Kier alpha value is -1.02. The number of benzene rings is 1. The SMILES string of the molecule is CO[C@@]1(c2cccc(C(C)C)c2)O[C@H](CO)[C@@H](O)[C@H](O)[C@H]1O. The van der Waals surface area contributed by atoms with Gasteiger partial charge < -0.3 is 29.9 Å². The number of ether oxygens (including phenoxy) is 2.